The van der Waals surface area contributed by atoms with Crippen LogP contribution in [-0.4, -0.2) is 22.9 Å². The lowest BCUT2D eigenvalue weighted by Gasteiger charge is -2.13. The van der Waals surface area contributed by atoms with E-state index in [4.69, 9.17) is 10.4 Å². The number of aliphatic carboxylic acids is 1. The number of benzene rings is 2. The first kappa shape index (κ1) is 16.5. The second kappa shape index (κ2) is 7.98. The van der Waals surface area contributed by atoms with Gasteiger partial charge < -0.3 is 5.11 Å². The Labute approximate surface area is 133 Å². The first-order valence-electron chi connectivity index (χ1n) is 6.96. The average Bonchev–Trinajstić information content (AvgIpc) is 2.54. The first-order chi connectivity index (χ1) is 10.6. The van der Waals surface area contributed by atoms with E-state index in [1.54, 1.807) is 18.7 Å². The van der Waals surface area contributed by atoms with Gasteiger partial charge in [-0.05, 0) is 36.2 Å². The van der Waals surface area contributed by atoms with Crippen LogP contribution in [0.25, 0.3) is 0 Å². The van der Waals surface area contributed by atoms with Gasteiger partial charge in [0.25, 0.3) is 0 Å². The predicted molar refractivity (Wildman–Crippen MR) is 85.3 cm³/mol. The Kier molecular flexibility index (Phi) is 6.00. The van der Waals surface area contributed by atoms with Crippen molar-refractivity contribution in [1.82, 2.24) is 0 Å². The van der Waals surface area contributed by atoms with Crippen molar-refractivity contribution in [2.45, 2.75) is 29.1 Å². The smallest absolute Gasteiger partial charge is 0.310 e. The highest BCUT2D eigenvalue weighted by Crippen LogP contribution is 2.32. The Morgan fingerprint density at radius 2 is 1.95 bits per heavy atom. The van der Waals surface area contributed by atoms with Crippen molar-refractivity contribution in [3.63, 3.8) is 0 Å². The molecule has 22 heavy (non-hydrogen) atoms. The quantitative estimate of drug-likeness (QED) is 0.595. The zero-order valence-corrected chi connectivity index (χ0v) is 13.0. The standard InChI is InChI=1S/C17H18O4S/c1-12(17(18)19)13-7-8-16(14(11-13)9-10-21-20)22-15-5-3-2-4-6-15/h2-8,11-12,20H,9-10H2,1H3,(H,18,19). The Hall–Kier alpha value is -1.82. The third kappa shape index (κ3) is 4.34. The summed E-state index contributed by atoms with van der Waals surface area (Å²) in [5, 5.41) is 17.7. The maximum Gasteiger partial charge on any atom is 0.310 e. The van der Waals surface area contributed by atoms with Crippen LogP contribution in [-0.2, 0) is 16.1 Å². The molecule has 0 amide bonds. The molecule has 1 unspecified atom stereocenters. The monoisotopic (exact) mass is 318 g/mol. The minimum Gasteiger partial charge on any atom is -0.481 e. The molecule has 0 fully saturated rings. The number of rotatable bonds is 7. The van der Waals surface area contributed by atoms with Crippen LogP contribution in [0.4, 0.5) is 0 Å². The van der Waals surface area contributed by atoms with Gasteiger partial charge in [0.2, 0.25) is 0 Å². The summed E-state index contributed by atoms with van der Waals surface area (Å²) in [5.41, 5.74) is 1.71. The molecule has 0 aliphatic rings. The van der Waals surface area contributed by atoms with E-state index < -0.39 is 11.9 Å². The van der Waals surface area contributed by atoms with Crippen molar-refractivity contribution in [2.24, 2.45) is 0 Å². The number of hydrogen-bond acceptors (Lipinski definition) is 4. The van der Waals surface area contributed by atoms with Crippen LogP contribution in [0, 0.1) is 0 Å². The largest absolute Gasteiger partial charge is 0.481 e. The molecule has 2 aromatic carbocycles. The van der Waals surface area contributed by atoms with Gasteiger partial charge in [0, 0.05) is 16.2 Å². The highest BCUT2D eigenvalue weighted by Gasteiger charge is 2.15. The number of carbonyl (C=O) groups is 1. The van der Waals surface area contributed by atoms with Crippen LogP contribution in [0.1, 0.15) is 24.0 Å². The number of carboxylic acids is 1. The van der Waals surface area contributed by atoms with E-state index in [-0.39, 0.29) is 6.61 Å². The van der Waals surface area contributed by atoms with E-state index in [0.717, 1.165) is 20.9 Å². The van der Waals surface area contributed by atoms with Crippen LogP contribution in [0.15, 0.2) is 58.3 Å². The van der Waals surface area contributed by atoms with Crippen molar-refractivity contribution < 1.29 is 20.0 Å². The average molecular weight is 318 g/mol. The molecule has 0 aliphatic heterocycles. The summed E-state index contributed by atoms with van der Waals surface area (Å²) in [4.78, 5) is 17.4. The molecular weight excluding hydrogens is 300 g/mol. The van der Waals surface area contributed by atoms with Gasteiger partial charge in [-0.25, -0.2) is 4.89 Å². The summed E-state index contributed by atoms with van der Waals surface area (Å²) in [6.07, 6.45) is 0.520. The minimum absolute atomic E-state index is 0.174. The summed E-state index contributed by atoms with van der Waals surface area (Å²) in [6.45, 7) is 1.83. The van der Waals surface area contributed by atoms with Crippen molar-refractivity contribution in [2.75, 3.05) is 6.61 Å². The summed E-state index contributed by atoms with van der Waals surface area (Å²) >= 11 is 1.61. The van der Waals surface area contributed by atoms with E-state index in [0.29, 0.717) is 6.42 Å². The molecule has 0 bridgehead atoms. The van der Waals surface area contributed by atoms with Gasteiger partial charge in [-0.3, -0.25) is 10.1 Å². The molecule has 0 saturated heterocycles. The summed E-state index contributed by atoms with van der Waals surface area (Å²) in [7, 11) is 0. The summed E-state index contributed by atoms with van der Waals surface area (Å²) in [5.74, 6) is -1.42. The Morgan fingerprint density at radius 1 is 1.23 bits per heavy atom. The lowest BCUT2D eigenvalue weighted by Crippen LogP contribution is -2.08. The maximum atomic E-state index is 11.1. The SMILES string of the molecule is CC(C(=O)O)c1ccc(Sc2ccccc2)c(CCOO)c1. The number of hydrogen-bond donors (Lipinski definition) is 2. The molecule has 0 saturated carbocycles. The van der Waals surface area contributed by atoms with Crippen LogP contribution in [0.3, 0.4) is 0 Å². The Bertz CT molecular complexity index is 628. The zero-order chi connectivity index (χ0) is 15.9. The summed E-state index contributed by atoms with van der Waals surface area (Å²) < 4.78 is 0. The Balaban J connectivity index is 2.29. The molecular formula is C17H18O4S. The third-order valence-electron chi connectivity index (χ3n) is 3.39. The molecule has 2 aromatic rings. The lowest BCUT2D eigenvalue weighted by atomic mass is 9.98. The van der Waals surface area contributed by atoms with Gasteiger partial charge in [0.1, 0.15) is 0 Å². The highest BCUT2D eigenvalue weighted by molar-refractivity contribution is 7.99. The molecule has 0 radical (unpaired) electrons. The van der Waals surface area contributed by atoms with Crippen LogP contribution < -0.4 is 0 Å². The molecule has 2 N–H and O–H groups in total. The molecule has 1 atom stereocenters. The van der Waals surface area contributed by atoms with Crippen LogP contribution in [0.2, 0.25) is 0 Å². The molecule has 116 valence electrons. The van der Waals surface area contributed by atoms with Gasteiger partial charge in [-0.1, -0.05) is 42.1 Å². The van der Waals surface area contributed by atoms with E-state index >= 15 is 0 Å². The second-order valence-corrected chi connectivity index (χ2v) is 6.04. The molecule has 0 aliphatic carbocycles. The van der Waals surface area contributed by atoms with Crippen LogP contribution >= 0.6 is 11.8 Å². The highest BCUT2D eigenvalue weighted by atomic mass is 32.2. The third-order valence-corrected chi connectivity index (χ3v) is 4.51. The van der Waals surface area contributed by atoms with Crippen molar-refractivity contribution in [3.05, 3.63) is 59.7 Å². The van der Waals surface area contributed by atoms with Gasteiger partial charge in [0.15, 0.2) is 0 Å². The van der Waals surface area contributed by atoms with Crippen molar-refractivity contribution >= 4 is 17.7 Å². The molecule has 2 rings (SSSR count). The maximum absolute atomic E-state index is 11.1. The van der Waals surface area contributed by atoms with E-state index in [1.807, 2.05) is 48.5 Å². The van der Waals surface area contributed by atoms with Crippen molar-refractivity contribution in [1.29, 1.82) is 0 Å². The predicted octanol–water partition coefficient (Wildman–Crippen LogP) is 4.06. The zero-order valence-electron chi connectivity index (χ0n) is 12.2. The first-order valence-corrected chi connectivity index (χ1v) is 7.78. The fourth-order valence-corrected chi connectivity index (χ4v) is 3.05. The van der Waals surface area contributed by atoms with E-state index in [2.05, 4.69) is 4.89 Å². The molecule has 0 aromatic heterocycles. The van der Waals surface area contributed by atoms with Gasteiger partial charge in [0.05, 0.1) is 12.5 Å². The molecule has 4 nitrogen and oxygen atoms in total. The fourth-order valence-electron chi connectivity index (χ4n) is 2.08. The van der Waals surface area contributed by atoms with E-state index in [1.165, 1.54) is 0 Å². The molecule has 0 heterocycles. The summed E-state index contributed by atoms with van der Waals surface area (Å²) in [6, 6.07) is 15.6. The van der Waals surface area contributed by atoms with Crippen molar-refractivity contribution in [3.8, 4) is 0 Å². The molecule has 5 heteroatoms. The minimum atomic E-state index is -0.854. The number of carboxylic acid groups (broad SMARTS) is 1. The second-order valence-electron chi connectivity index (χ2n) is 4.93. The van der Waals surface area contributed by atoms with E-state index in [9.17, 15) is 4.79 Å². The normalized spacial score (nSPS) is 12.1. The van der Waals surface area contributed by atoms with Gasteiger partial charge in [-0.2, -0.15) is 0 Å². The Morgan fingerprint density at radius 3 is 2.59 bits per heavy atom. The van der Waals surface area contributed by atoms with Gasteiger partial charge in [-0.15, -0.1) is 0 Å². The van der Waals surface area contributed by atoms with Crippen LogP contribution in [0.5, 0.6) is 0 Å². The topological polar surface area (TPSA) is 66.8 Å². The fraction of sp³-hybridized carbons (Fsp3) is 0.235. The van der Waals surface area contributed by atoms with Gasteiger partial charge >= 0.3 is 5.97 Å². The lowest BCUT2D eigenvalue weighted by molar-refractivity contribution is -0.241. The molecule has 0 spiro atoms.